The van der Waals surface area contributed by atoms with E-state index in [4.69, 9.17) is 0 Å². The molecule has 0 aromatic heterocycles. The Morgan fingerprint density at radius 3 is 2.30 bits per heavy atom. The summed E-state index contributed by atoms with van der Waals surface area (Å²) in [6.45, 7) is 8.70. The van der Waals surface area contributed by atoms with Crippen LogP contribution in [0.25, 0.3) is 0 Å². The van der Waals surface area contributed by atoms with Gasteiger partial charge in [-0.15, -0.1) is 0 Å². The molecule has 1 aromatic carbocycles. The number of rotatable bonds is 6. The summed E-state index contributed by atoms with van der Waals surface area (Å²) in [5.41, 5.74) is 1.98. The average molecular weight is 276 g/mol. The highest BCUT2D eigenvalue weighted by Crippen LogP contribution is 2.15. The lowest BCUT2D eigenvalue weighted by molar-refractivity contribution is -0.121. The molecule has 2 amide bonds. The summed E-state index contributed by atoms with van der Waals surface area (Å²) >= 11 is 0. The van der Waals surface area contributed by atoms with Crippen molar-refractivity contribution < 1.29 is 9.59 Å². The Bertz CT molecular complexity index is 452. The van der Waals surface area contributed by atoms with E-state index in [1.165, 1.54) is 6.92 Å². The zero-order valence-electron chi connectivity index (χ0n) is 12.8. The minimum Gasteiger partial charge on any atom is -0.356 e. The fourth-order valence-electron chi connectivity index (χ4n) is 1.81. The lowest BCUT2D eigenvalue weighted by Crippen LogP contribution is -2.34. The van der Waals surface area contributed by atoms with Gasteiger partial charge in [-0.3, -0.25) is 9.59 Å². The summed E-state index contributed by atoms with van der Waals surface area (Å²) in [7, 11) is 0. The largest absolute Gasteiger partial charge is 0.356 e. The van der Waals surface area contributed by atoms with Gasteiger partial charge >= 0.3 is 0 Å². The molecule has 0 atom stereocenters. The molecule has 0 aliphatic heterocycles. The summed E-state index contributed by atoms with van der Waals surface area (Å²) in [5, 5.41) is 2.86. The summed E-state index contributed by atoms with van der Waals surface area (Å²) in [6, 6.07) is 7.74. The molecular weight excluding hydrogens is 252 g/mol. The third-order valence-corrected chi connectivity index (χ3v) is 3.00. The SMILES string of the molecule is CC(=O)N(CCC(=O)NCC(C)C)c1ccc(C)cc1. The molecular formula is C16H24N2O2. The minimum atomic E-state index is -0.0505. The molecule has 0 unspecified atom stereocenters. The molecule has 0 radical (unpaired) electrons. The van der Waals surface area contributed by atoms with E-state index in [-0.39, 0.29) is 11.8 Å². The van der Waals surface area contributed by atoms with E-state index in [0.29, 0.717) is 25.4 Å². The van der Waals surface area contributed by atoms with Crippen LogP contribution < -0.4 is 10.2 Å². The monoisotopic (exact) mass is 276 g/mol. The minimum absolute atomic E-state index is 0.0166. The van der Waals surface area contributed by atoms with Crippen LogP contribution in [0.1, 0.15) is 32.8 Å². The molecule has 1 N–H and O–H groups in total. The smallest absolute Gasteiger partial charge is 0.223 e. The average Bonchev–Trinajstić information content (AvgIpc) is 2.38. The van der Waals surface area contributed by atoms with E-state index in [1.807, 2.05) is 31.2 Å². The molecule has 0 spiro atoms. The van der Waals surface area contributed by atoms with Crippen molar-refractivity contribution in [1.82, 2.24) is 5.32 Å². The van der Waals surface area contributed by atoms with Crippen molar-refractivity contribution >= 4 is 17.5 Å². The molecule has 0 fully saturated rings. The van der Waals surface area contributed by atoms with Gasteiger partial charge in [0.25, 0.3) is 0 Å². The molecule has 4 heteroatoms. The third kappa shape index (κ3) is 5.43. The van der Waals surface area contributed by atoms with Gasteiger partial charge in [-0.05, 0) is 25.0 Å². The molecule has 1 aromatic rings. The summed E-state index contributed by atoms with van der Waals surface area (Å²) in [4.78, 5) is 25.0. The van der Waals surface area contributed by atoms with Gasteiger partial charge in [-0.1, -0.05) is 31.5 Å². The molecule has 0 heterocycles. The van der Waals surface area contributed by atoms with Crippen LogP contribution in [-0.4, -0.2) is 24.9 Å². The Morgan fingerprint density at radius 2 is 1.80 bits per heavy atom. The van der Waals surface area contributed by atoms with Crippen molar-refractivity contribution in [2.24, 2.45) is 5.92 Å². The molecule has 0 saturated heterocycles. The topological polar surface area (TPSA) is 49.4 Å². The fourth-order valence-corrected chi connectivity index (χ4v) is 1.81. The standard InChI is InChI=1S/C16H24N2O2/c1-12(2)11-17-16(20)9-10-18(14(4)19)15-7-5-13(3)6-8-15/h5-8,12H,9-11H2,1-4H3,(H,17,20). The Morgan fingerprint density at radius 1 is 1.20 bits per heavy atom. The number of anilines is 1. The lowest BCUT2D eigenvalue weighted by Gasteiger charge is -2.21. The van der Waals surface area contributed by atoms with Gasteiger partial charge in [-0.25, -0.2) is 0 Å². The van der Waals surface area contributed by atoms with Gasteiger partial charge in [0, 0.05) is 32.1 Å². The van der Waals surface area contributed by atoms with Crippen LogP contribution in [0, 0.1) is 12.8 Å². The van der Waals surface area contributed by atoms with Crippen LogP contribution in [0.5, 0.6) is 0 Å². The number of carbonyl (C=O) groups excluding carboxylic acids is 2. The number of aryl methyl sites for hydroxylation is 1. The van der Waals surface area contributed by atoms with E-state index in [0.717, 1.165) is 11.3 Å². The first-order valence-electron chi connectivity index (χ1n) is 7.01. The second-order valence-electron chi connectivity index (χ2n) is 5.45. The van der Waals surface area contributed by atoms with Crippen molar-refractivity contribution in [2.45, 2.75) is 34.1 Å². The quantitative estimate of drug-likeness (QED) is 0.868. The van der Waals surface area contributed by atoms with Crippen LogP contribution in [-0.2, 0) is 9.59 Å². The Balaban J connectivity index is 2.58. The molecule has 110 valence electrons. The zero-order valence-corrected chi connectivity index (χ0v) is 12.8. The van der Waals surface area contributed by atoms with Crippen molar-refractivity contribution in [3.63, 3.8) is 0 Å². The number of nitrogens with zero attached hydrogens (tertiary/aromatic N) is 1. The summed E-state index contributed by atoms with van der Waals surface area (Å²) in [5.74, 6) is 0.363. The Hall–Kier alpha value is -1.84. The normalized spacial score (nSPS) is 10.4. The van der Waals surface area contributed by atoms with Crippen LogP contribution >= 0.6 is 0 Å². The second-order valence-corrected chi connectivity index (χ2v) is 5.45. The van der Waals surface area contributed by atoms with Gasteiger partial charge < -0.3 is 10.2 Å². The highest BCUT2D eigenvalue weighted by molar-refractivity contribution is 5.92. The van der Waals surface area contributed by atoms with Crippen molar-refractivity contribution in [1.29, 1.82) is 0 Å². The maximum atomic E-state index is 11.7. The summed E-state index contributed by atoms with van der Waals surface area (Å²) in [6.07, 6.45) is 0.320. The van der Waals surface area contributed by atoms with Crippen molar-refractivity contribution in [2.75, 3.05) is 18.0 Å². The predicted molar refractivity (Wildman–Crippen MR) is 81.7 cm³/mol. The highest BCUT2D eigenvalue weighted by Gasteiger charge is 2.13. The third-order valence-electron chi connectivity index (χ3n) is 3.00. The van der Waals surface area contributed by atoms with E-state index in [2.05, 4.69) is 19.2 Å². The molecule has 0 aliphatic rings. The second kappa shape index (κ2) is 7.68. The molecule has 4 nitrogen and oxygen atoms in total. The number of amides is 2. The maximum Gasteiger partial charge on any atom is 0.223 e. The Kier molecular flexibility index (Phi) is 6.22. The van der Waals surface area contributed by atoms with Gasteiger partial charge in [0.15, 0.2) is 0 Å². The predicted octanol–water partition coefficient (Wildman–Crippen LogP) is 2.51. The zero-order chi connectivity index (χ0) is 15.1. The van der Waals surface area contributed by atoms with Gasteiger partial charge in [0.05, 0.1) is 0 Å². The number of hydrogen-bond acceptors (Lipinski definition) is 2. The lowest BCUT2D eigenvalue weighted by atomic mass is 10.2. The van der Waals surface area contributed by atoms with Gasteiger partial charge in [-0.2, -0.15) is 0 Å². The fraction of sp³-hybridized carbons (Fsp3) is 0.500. The molecule has 0 saturated carbocycles. The van der Waals surface area contributed by atoms with Gasteiger partial charge in [0.2, 0.25) is 11.8 Å². The maximum absolute atomic E-state index is 11.7. The van der Waals surface area contributed by atoms with Crippen LogP contribution in [0.4, 0.5) is 5.69 Å². The van der Waals surface area contributed by atoms with E-state index < -0.39 is 0 Å². The van der Waals surface area contributed by atoms with Crippen LogP contribution in [0.15, 0.2) is 24.3 Å². The van der Waals surface area contributed by atoms with Crippen LogP contribution in [0.2, 0.25) is 0 Å². The van der Waals surface area contributed by atoms with Crippen molar-refractivity contribution in [3.8, 4) is 0 Å². The molecule has 1 rings (SSSR count). The van der Waals surface area contributed by atoms with E-state index in [1.54, 1.807) is 4.90 Å². The Labute approximate surface area is 121 Å². The van der Waals surface area contributed by atoms with Gasteiger partial charge in [0.1, 0.15) is 0 Å². The number of benzene rings is 1. The number of nitrogens with one attached hydrogen (secondary N) is 1. The first kappa shape index (κ1) is 16.2. The first-order valence-corrected chi connectivity index (χ1v) is 7.01. The highest BCUT2D eigenvalue weighted by atomic mass is 16.2. The van der Waals surface area contributed by atoms with Crippen LogP contribution in [0.3, 0.4) is 0 Å². The molecule has 0 aliphatic carbocycles. The number of hydrogen-bond donors (Lipinski definition) is 1. The van der Waals surface area contributed by atoms with E-state index in [9.17, 15) is 9.59 Å². The molecule has 20 heavy (non-hydrogen) atoms. The van der Waals surface area contributed by atoms with E-state index >= 15 is 0 Å². The first-order chi connectivity index (χ1) is 9.40. The molecule has 0 bridgehead atoms. The summed E-state index contributed by atoms with van der Waals surface area (Å²) < 4.78 is 0. The number of carbonyl (C=O) groups is 2. The van der Waals surface area contributed by atoms with Crippen molar-refractivity contribution in [3.05, 3.63) is 29.8 Å².